The molecular weight excluding hydrogens is 556 g/mol. The fourth-order valence-electron chi connectivity index (χ4n) is 6.50. The van der Waals surface area contributed by atoms with Gasteiger partial charge in [-0.05, 0) is 71.0 Å². The number of Topliss-reactive ketones (excluding diaryl/α,β-unsaturated/α-hetero) is 1. The second-order valence-electron chi connectivity index (χ2n) is 11.8. The van der Waals surface area contributed by atoms with Gasteiger partial charge in [0.2, 0.25) is 10.0 Å². The zero-order chi connectivity index (χ0) is 30.1. The molecule has 3 atom stereocenters. The first kappa shape index (κ1) is 29.4. The number of hydrogen-bond acceptors (Lipinski definition) is 6. The number of hydrogen-bond donors (Lipinski definition) is 4. The number of carbonyl (C=O) groups excluding carboxylic acids is 2. The van der Waals surface area contributed by atoms with Gasteiger partial charge in [-0.25, -0.2) is 17.9 Å². The number of rotatable bonds is 10. The van der Waals surface area contributed by atoms with E-state index in [1.54, 1.807) is 42.7 Å². The van der Waals surface area contributed by atoms with Gasteiger partial charge in [0, 0.05) is 24.2 Å². The van der Waals surface area contributed by atoms with Crippen LogP contribution in [-0.4, -0.2) is 48.1 Å². The number of aliphatic carboxylic acids is 1. The van der Waals surface area contributed by atoms with Gasteiger partial charge in [0.15, 0.2) is 0 Å². The molecule has 2 bridgehead atoms. The summed E-state index contributed by atoms with van der Waals surface area (Å²) in [5, 5.41) is 15.3. The number of nitrogens with one attached hydrogen (secondary N) is 3. The van der Waals surface area contributed by atoms with Crippen LogP contribution in [0.5, 0.6) is 0 Å². The van der Waals surface area contributed by atoms with Crippen LogP contribution >= 0.6 is 0 Å². The molecule has 2 aliphatic carbocycles. The van der Waals surface area contributed by atoms with Crippen LogP contribution in [0.25, 0.3) is 11.1 Å². The Labute approximate surface area is 245 Å². The van der Waals surface area contributed by atoms with E-state index in [0.717, 1.165) is 11.1 Å². The number of carbonyl (C=O) groups is 3. The molecule has 3 unspecified atom stereocenters. The molecule has 4 N–H and O–H groups in total. The fourth-order valence-corrected chi connectivity index (χ4v) is 8.54. The Morgan fingerprint density at radius 2 is 1.74 bits per heavy atom. The lowest BCUT2D eigenvalue weighted by atomic mass is 9.71. The summed E-state index contributed by atoms with van der Waals surface area (Å²) in [6.07, 6.45) is 4.65. The normalized spacial score (nSPS) is 21.6. The highest BCUT2D eigenvalue weighted by Crippen LogP contribution is 2.64. The van der Waals surface area contributed by atoms with Gasteiger partial charge in [-0.15, -0.1) is 0 Å². The van der Waals surface area contributed by atoms with Crippen molar-refractivity contribution in [2.45, 2.75) is 45.6 Å². The lowest BCUT2D eigenvalue weighted by Crippen LogP contribution is -2.47. The SMILES string of the molecule is CC1(C)C2CCC1(CS(=O)(=O)NC(Cc1ccc(-c3cccc(NC(=O)Nc4cccnc4)c3)cc1)C(=O)O)CC2=O. The zero-order valence-corrected chi connectivity index (χ0v) is 24.3. The summed E-state index contributed by atoms with van der Waals surface area (Å²) in [5.74, 6) is -1.56. The number of fused-ring (bicyclic) bond motifs is 2. The van der Waals surface area contributed by atoms with E-state index in [-0.39, 0.29) is 30.3 Å². The topological polar surface area (TPSA) is 155 Å². The number of aromatic nitrogens is 1. The molecule has 1 heterocycles. The minimum absolute atomic E-state index is 0.0388. The predicted octanol–water partition coefficient (Wildman–Crippen LogP) is 4.70. The van der Waals surface area contributed by atoms with Gasteiger partial charge >= 0.3 is 12.0 Å². The Morgan fingerprint density at radius 1 is 1.02 bits per heavy atom. The van der Waals surface area contributed by atoms with Crippen LogP contribution in [0, 0.1) is 16.7 Å². The Hall–Kier alpha value is -4.09. The number of carboxylic acids is 1. The fraction of sp³-hybridized carbons (Fsp3) is 0.355. The number of pyridine rings is 1. The minimum atomic E-state index is -3.98. The highest BCUT2D eigenvalue weighted by Gasteiger charge is 2.64. The number of benzene rings is 2. The Morgan fingerprint density at radius 3 is 2.36 bits per heavy atom. The summed E-state index contributed by atoms with van der Waals surface area (Å²) in [5.41, 5.74) is 2.35. The second kappa shape index (κ2) is 11.3. The molecule has 0 aliphatic heterocycles. The van der Waals surface area contributed by atoms with E-state index < -0.39 is 38.9 Å². The molecule has 2 fully saturated rings. The first-order valence-electron chi connectivity index (χ1n) is 13.8. The molecule has 10 nitrogen and oxygen atoms in total. The quantitative estimate of drug-likeness (QED) is 0.267. The first-order valence-corrected chi connectivity index (χ1v) is 15.5. The second-order valence-corrected chi connectivity index (χ2v) is 13.6. The molecule has 2 aromatic carbocycles. The Bertz CT molecular complexity index is 1610. The highest BCUT2D eigenvalue weighted by atomic mass is 32.2. The Balaban J connectivity index is 1.23. The van der Waals surface area contributed by atoms with Crippen molar-refractivity contribution < 1.29 is 27.9 Å². The van der Waals surface area contributed by atoms with Crippen LogP contribution in [-0.2, 0) is 26.0 Å². The number of anilines is 2. The molecule has 0 spiro atoms. The summed E-state index contributed by atoms with van der Waals surface area (Å²) in [6.45, 7) is 3.90. The minimum Gasteiger partial charge on any atom is -0.480 e. The highest BCUT2D eigenvalue weighted by molar-refractivity contribution is 7.89. The molecule has 5 rings (SSSR count). The van der Waals surface area contributed by atoms with Crippen molar-refractivity contribution in [2.24, 2.45) is 16.7 Å². The standard InChI is InChI=1S/C31H34N4O6S/c1-30(2)25-12-13-31(30,17-27(25)36)19-42(40,41)35-26(28(37)38)15-20-8-10-21(11-9-20)22-5-3-6-23(16-22)33-29(39)34-24-7-4-14-32-18-24/h3-11,14,16,18,25-26,35H,12-13,15,17,19H2,1-2H3,(H,37,38)(H2,33,34,39). The number of urea groups is 1. The van der Waals surface area contributed by atoms with E-state index in [9.17, 15) is 27.9 Å². The van der Waals surface area contributed by atoms with E-state index in [1.165, 1.54) is 0 Å². The van der Waals surface area contributed by atoms with E-state index in [1.807, 2.05) is 44.2 Å². The zero-order valence-electron chi connectivity index (χ0n) is 23.5. The van der Waals surface area contributed by atoms with Crippen molar-refractivity contribution in [3.63, 3.8) is 0 Å². The largest absolute Gasteiger partial charge is 0.480 e. The van der Waals surface area contributed by atoms with Crippen LogP contribution in [0.2, 0.25) is 0 Å². The van der Waals surface area contributed by atoms with Crippen LogP contribution < -0.4 is 15.4 Å². The molecule has 3 aromatic rings. The first-order chi connectivity index (χ1) is 19.9. The molecule has 0 saturated heterocycles. The Kier molecular flexibility index (Phi) is 7.91. The van der Waals surface area contributed by atoms with Gasteiger partial charge in [-0.1, -0.05) is 50.2 Å². The van der Waals surface area contributed by atoms with Gasteiger partial charge in [-0.2, -0.15) is 0 Å². The summed E-state index contributed by atoms with van der Waals surface area (Å²) in [6, 6.07) is 16.1. The summed E-state index contributed by atoms with van der Waals surface area (Å²) in [4.78, 5) is 40.8. The van der Waals surface area contributed by atoms with Crippen molar-refractivity contribution in [1.29, 1.82) is 0 Å². The van der Waals surface area contributed by atoms with Gasteiger partial charge in [0.05, 0.1) is 17.6 Å². The number of nitrogens with zero attached hydrogens (tertiary/aromatic N) is 1. The maximum Gasteiger partial charge on any atom is 0.323 e. The summed E-state index contributed by atoms with van der Waals surface area (Å²) >= 11 is 0. The van der Waals surface area contributed by atoms with Crippen LogP contribution in [0.3, 0.4) is 0 Å². The summed E-state index contributed by atoms with van der Waals surface area (Å²) in [7, 11) is -3.98. The van der Waals surface area contributed by atoms with Crippen molar-refractivity contribution in [1.82, 2.24) is 9.71 Å². The van der Waals surface area contributed by atoms with Crippen LogP contribution in [0.15, 0.2) is 73.1 Å². The van der Waals surface area contributed by atoms with Crippen LogP contribution in [0.4, 0.5) is 16.2 Å². The molecular formula is C31H34N4O6S. The van der Waals surface area contributed by atoms with Gasteiger partial charge in [-0.3, -0.25) is 14.6 Å². The third-order valence-corrected chi connectivity index (χ3v) is 10.5. The molecule has 2 aliphatic rings. The van der Waals surface area contributed by atoms with Crippen molar-refractivity contribution >= 4 is 39.2 Å². The maximum atomic E-state index is 13.2. The maximum absolute atomic E-state index is 13.2. The molecule has 0 radical (unpaired) electrons. The van der Waals surface area contributed by atoms with E-state index >= 15 is 0 Å². The molecule has 11 heteroatoms. The number of ketones is 1. The molecule has 2 amide bonds. The monoisotopic (exact) mass is 590 g/mol. The smallest absolute Gasteiger partial charge is 0.323 e. The predicted molar refractivity (Wildman–Crippen MR) is 159 cm³/mol. The third-order valence-electron chi connectivity index (χ3n) is 8.90. The van der Waals surface area contributed by atoms with Crippen molar-refractivity contribution in [3.8, 4) is 11.1 Å². The van der Waals surface area contributed by atoms with Gasteiger partial charge < -0.3 is 15.7 Å². The molecule has 42 heavy (non-hydrogen) atoms. The average molecular weight is 591 g/mol. The third kappa shape index (κ3) is 6.07. The van der Waals surface area contributed by atoms with Crippen molar-refractivity contribution in [2.75, 3.05) is 16.4 Å². The van der Waals surface area contributed by atoms with E-state index in [4.69, 9.17) is 0 Å². The number of amides is 2. The average Bonchev–Trinajstić information content (AvgIpc) is 3.27. The van der Waals surface area contributed by atoms with E-state index in [0.29, 0.717) is 29.8 Å². The van der Waals surface area contributed by atoms with E-state index in [2.05, 4.69) is 20.3 Å². The summed E-state index contributed by atoms with van der Waals surface area (Å²) < 4.78 is 28.8. The lowest BCUT2D eigenvalue weighted by Gasteiger charge is -2.37. The lowest BCUT2D eigenvalue weighted by molar-refractivity contribution is -0.139. The number of sulfonamides is 1. The molecule has 1 aromatic heterocycles. The van der Waals surface area contributed by atoms with Crippen molar-refractivity contribution in [3.05, 3.63) is 78.6 Å². The number of carboxylic acid groups (broad SMARTS) is 1. The molecule has 2 saturated carbocycles. The van der Waals surface area contributed by atoms with Crippen LogP contribution in [0.1, 0.15) is 38.7 Å². The van der Waals surface area contributed by atoms with Gasteiger partial charge in [0.1, 0.15) is 11.8 Å². The van der Waals surface area contributed by atoms with Gasteiger partial charge in [0.25, 0.3) is 0 Å². The molecule has 220 valence electrons.